The molecule has 10 heteroatoms. The van der Waals surface area contributed by atoms with Crippen LogP contribution in [0.1, 0.15) is 47.3 Å². The first kappa shape index (κ1) is 27.0. The quantitative estimate of drug-likeness (QED) is 0.270. The van der Waals surface area contributed by atoms with Crippen LogP contribution in [0.15, 0.2) is 84.0 Å². The van der Waals surface area contributed by atoms with Crippen LogP contribution in [0.25, 0.3) is 0 Å². The largest absolute Gasteiger partial charge is 0.337 e. The highest BCUT2D eigenvalue weighted by Gasteiger charge is 2.46. The normalized spacial score (nSPS) is 19.8. The van der Waals surface area contributed by atoms with Crippen LogP contribution in [0.3, 0.4) is 0 Å². The van der Waals surface area contributed by atoms with Crippen molar-refractivity contribution in [3.8, 4) is 0 Å². The molecule has 1 heterocycles. The zero-order valence-corrected chi connectivity index (χ0v) is 24.1. The van der Waals surface area contributed by atoms with Crippen molar-refractivity contribution in [3.63, 3.8) is 0 Å². The molecule has 3 aromatic carbocycles. The Morgan fingerprint density at radius 3 is 2.60 bits per heavy atom. The van der Waals surface area contributed by atoms with Crippen LogP contribution < -0.4 is 9.62 Å². The van der Waals surface area contributed by atoms with Crippen molar-refractivity contribution in [3.05, 3.63) is 112 Å². The van der Waals surface area contributed by atoms with Gasteiger partial charge in [-0.25, -0.2) is 18.1 Å². The van der Waals surface area contributed by atoms with E-state index in [4.69, 9.17) is 23.2 Å². The standard InChI is InChI=1S/C30H28Cl2N4O3S/c1-35-14-13-33-29(35)18-36(30(37)27-17-25(27)19-5-9-21(31)10-6-19)23-11-7-20-8-12-28(26(20)16-23)34-40(38,39)24-4-2-3-22(32)15-24/h2-7,9-11,13-16,25,27-28,34H,8,12,17-18H2,1H3/t25-,27+,28-/m0/s1. The summed E-state index contributed by atoms with van der Waals surface area (Å²) >= 11 is 12.1. The molecule has 2 aliphatic carbocycles. The Kier molecular flexibility index (Phi) is 7.21. The number of amides is 1. The number of hydrogen-bond acceptors (Lipinski definition) is 4. The van der Waals surface area contributed by atoms with E-state index in [9.17, 15) is 13.2 Å². The lowest BCUT2D eigenvalue weighted by Crippen LogP contribution is -2.33. The monoisotopic (exact) mass is 594 g/mol. The van der Waals surface area contributed by atoms with E-state index in [1.807, 2.05) is 60.3 Å². The number of carbonyl (C=O) groups excluding carboxylic acids is 1. The third-order valence-corrected chi connectivity index (χ3v) is 9.77. The van der Waals surface area contributed by atoms with Gasteiger partial charge in [0.1, 0.15) is 5.82 Å². The van der Waals surface area contributed by atoms with Gasteiger partial charge in [0.2, 0.25) is 15.9 Å². The second-order valence-electron chi connectivity index (χ2n) is 10.4. The molecule has 0 aliphatic heterocycles. The van der Waals surface area contributed by atoms with Crippen LogP contribution in [0.4, 0.5) is 5.69 Å². The van der Waals surface area contributed by atoms with Crippen LogP contribution in [0.5, 0.6) is 0 Å². The molecule has 1 fully saturated rings. The number of anilines is 1. The molecule has 7 nitrogen and oxygen atoms in total. The van der Waals surface area contributed by atoms with Gasteiger partial charge in [-0.1, -0.05) is 47.5 Å². The van der Waals surface area contributed by atoms with E-state index in [1.165, 1.54) is 12.1 Å². The number of imidazole rings is 1. The van der Waals surface area contributed by atoms with Gasteiger partial charge in [-0.15, -0.1) is 0 Å². The maximum atomic E-state index is 14.0. The van der Waals surface area contributed by atoms with Crippen molar-refractivity contribution in [2.45, 2.75) is 42.7 Å². The summed E-state index contributed by atoms with van der Waals surface area (Å²) in [5, 5.41) is 1.03. The molecule has 4 aromatic rings. The molecule has 0 bridgehead atoms. The molecular weight excluding hydrogens is 567 g/mol. The Morgan fingerprint density at radius 2 is 1.88 bits per heavy atom. The molecule has 40 heavy (non-hydrogen) atoms. The fourth-order valence-corrected chi connectivity index (χ4v) is 7.18. The fraction of sp³-hybridized carbons (Fsp3) is 0.267. The molecular formula is C30H28Cl2N4O3S. The number of halogens is 2. The van der Waals surface area contributed by atoms with Gasteiger partial charge in [-0.3, -0.25) is 4.79 Å². The topological polar surface area (TPSA) is 84.3 Å². The van der Waals surface area contributed by atoms with Gasteiger partial charge < -0.3 is 9.47 Å². The molecule has 0 unspecified atom stereocenters. The van der Waals surface area contributed by atoms with E-state index in [2.05, 4.69) is 9.71 Å². The minimum Gasteiger partial charge on any atom is -0.337 e. The van der Waals surface area contributed by atoms with Crippen molar-refractivity contribution in [2.75, 3.05) is 4.90 Å². The Balaban J connectivity index is 1.29. The summed E-state index contributed by atoms with van der Waals surface area (Å²) in [7, 11) is -1.88. The second-order valence-corrected chi connectivity index (χ2v) is 13.0. The predicted molar refractivity (Wildman–Crippen MR) is 156 cm³/mol. The van der Waals surface area contributed by atoms with E-state index < -0.39 is 16.1 Å². The molecule has 3 atom stereocenters. The number of aryl methyl sites for hydroxylation is 2. The second kappa shape index (κ2) is 10.7. The molecule has 6 rings (SSSR count). The van der Waals surface area contributed by atoms with Crippen molar-refractivity contribution in [1.82, 2.24) is 14.3 Å². The minimum absolute atomic E-state index is 0.0250. The average molecular weight is 596 g/mol. The fourth-order valence-electron chi connectivity index (χ4n) is 5.50. The van der Waals surface area contributed by atoms with Gasteiger partial charge in [0.15, 0.2) is 0 Å². The molecule has 1 saturated carbocycles. The highest BCUT2D eigenvalue weighted by atomic mass is 35.5. The molecule has 206 valence electrons. The average Bonchev–Trinajstić information content (AvgIpc) is 3.49. The minimum atomic E-state index is -3.79. The number of fused-ring (bicyclic) bond motifs is 1. The van der Waals surface area contributed by atoms with Gasteiger partial charge in [0, 0.05) is 47.1 Å². The van der Waals surface area contributed by atoms with Gasteiger partial charge >= 0.3 is 0 Å². The molecule has 1 amide bonds. The first-order valence-electron chi connectivity index (χ1n) is 13.1. The van der Waals surface area contributed by atoms with Crippen molar-refractivity contribution < 1.29 is 13.2 Å². The van der Waals surface area contributed by atoms with E-state index in [1.54, 1.807) is 23.2 Å². The lowest BCUT2D eigenvalue weighted by molar-refractivity contribution is -0.120. The number of benzene rings is 3. The number of hydrogen-bond donors (Lipinski definition) is 1. The zero-order valence-electron chi connectivity index (χ0n) is 21.8. The van der Waals surface area contributed by atoms with Crippen molar-refractivity contribution >= 4 is 44.8 Å². The molecule has 1 aromatic heterocycles. The highest BCUT2D eigenvalue weighted by Crippen LogP contribution is 2.49. The summed E-state index contributed by atoms with van der Waals surface area (Å²) in [6, 6.07) is 19.4. The third-order valence-electron chi connectivity index (χ3n) is 7.82. The summed E-state index contributed by atoms with van der Waals surface area (Å²) in [6.07, 6.45) is 5.72. The Labute approximate surface area is 243 Å². The Morgan fingerprint density at radius 1 is 1.07 bits per heavy atom. The Bertz CT molecular complexity index is 1690. The Hall–Kier alpha value is -3.17. The molecule has 0 radical (unpaired) electrons. The van der Waals surface area contributed by atoms with Crippen LogP contribution >= 0.6 is 23.2 Å². The molecule has 0 spiro atoms. The lowest BCUT2D eigenvalue weighted by Gasteiger charge is -2.25. The van der Waals surface area contributed by atoms with Crippen LogP contribution in [-0.2, 0) is 34.8 Å². The summed E-state index contributed by atoms with van der Waals surface area (Å²) in [6.45, 7) is 0.309. The summed E-state index contributed by atoms with van der Waals surface area (Å²) in [5.41, 5.74) is 3.77. The van der Waals surface area contributed by atoms with Crippen LogP contribution in [-0.4, -0.2) is 23.9 Å². The number of sulfonamides is 1. The van der Waals surface area contributed by atoms with Crippen LogP contribution in [0.2, 0.25) is 10.0 Å². The smallest absolute Gasteiger partial charge is 0.241 e. The van der Waals surface area contributed by atoms with Crippen molar-refractivity contribution in [1.29, 1.82) is 0 Å². The van der Waals surface area contributed by atoms with Gasteiger partial charge in [-0.2, -0.15) is 0 Å². The number of nitrogens with one attached hydrogen (secondary N) is 1. The lowest BCUT2D eigenvalue weighted by atomic mass is 10.1. The number of carbonyl (C=O) groups is 1. The SMILES string of the molecule is Cn1ccnc1CN(C(=O)[C@@H]1C[C@H]1c1ccc(Cl)cc1)c1ccc2c(c1)[C@@H](NS(=O)(=O)c1cccc(Cl)c1)CC2. The van der Waals surface area contributed by atoms with E-state index in [0.717, 1.165) is 41.0 Å². The predicted octanol–water partition coefficient (Wildman–Crippen LogP) is 6.03. The summed E-state index contributed by atoms with van der Waals surface area (Å²) < 4.78 is 31.1. The van der Waals surface area contributed by atoms with Crippen molar-refractivity contribution in [2.24, 2.45) is 13.0 Å². The van der Waals surface area contributed by atoms with E-state index in [0.29, 0.717) is 23.0 Å². The first-order chi connectivity index (χ1) is 19.2. The maximum Gasteiger partial charge on any atom is 0.241 e. The zero-order chi connectivity index (χ0) is 28.0. The van der Waals surface area contributed by atoms with Crippen LogP contribution in [0, 0.1) is 5.92 Å². The third kappa shape index (κ3) is 5.41. The van der Waals surface area contributed by atoms with E-state index >= 15 is 0 Å². The van der Waals surface area contributed by atoms with Gasteiger partial charge in [-0.05, 0) is 84.3 Å². The molecule has 2 aliphatic rings. The summed E-state index contributed by atoms with van der Waals surface area (Å²) in [5.74, 6) is 0.778. The summed E-state index contributed by atoms with van der Waals surface area (Å²) in [4.78, 5) is 20.3. The van der Waals surface area contributed by atoms with Gasteiger partial charge in [0.25, 0.3) is 0 Å². The number of rotatable bonds is 8. The molecule has 0 saturated heterocycles. The van der Waals surface area contributed by atoms with Gasteiger partial charge in [0.05, 0.1) is 11.4 Å². The number of aromatic nitrogens is 2. The molecule has 1 N–H and O–H groups in total. The van der Waals surface area contributed by atoms with E-state index in [-0.39, 0.29) is 22.6 Å². The number of nitrogens with zero attached hydrogens (tertiary/aromatic N) is 3. The highest BCUT2D eigenvalue weighted by molar-refractivity contribution is 7.89. The first-order valence-corrected chi connectivity index (χ1v) is 15.4. The maximum absolute atomic E-state index is 14.0.